The molecule has 3 nitrogen and oxygen atoms in total. The molecular formula is C20H17F2NO2S. The summed E-state index contributed by atoms with van der Waals surface area (Å²) in [5.41, 5.74) is 1.53. The number of carbonyl (C=O) groups is 1. The second-order valence-electron chi connectivity index (χ2n) is 5.80. The average Bonchev–Trinajstić information content (AvgIpc) is 3.12. The first-order valence-corrected chi connectivity index (χ1v) is 8.73. The lowest BCUT2D eigenvalue weighted by atomic mass is 10.2. The standard InChI is InChI=1S/C20H17F2NO2S/c1-23(12-13-3-8-17(25-2)16(22)11-13)20(24)19-10-9-18(26-19)14-4-6-15(21)7-5-14/h3-11H,12H2,1-2H3. The minimum atomic E-state index is -0.458. The molecule has 3 rings (SSSR count). The number of thiophene rings is 1. The number of methoxy groups -OCH3 is 1. The van der Waals surface area contributed by atoms with Gasteiger partial charge in [0.1, 0.15) is 5.82 Å². The molecule has 1 amide bonds. The number of amides is 1. The zero-order valence-electron chi connectivity index (χ0n) is 14.3. The van der Waals surface area contributed by atoms with Crippen LogP contribution in [0.25, 0.3) is 10.4 Å². The van der Waals surface area contributed by atoms with E-state index in [1.54, 1.807) is 37.4 Å². The van der Waals surface area contributed by atoms with Gasteiger partial charge in [0, 0.05) is 18.5 Å². The highest BCUT2D eigenvalue weighted by atomic mass is 32.1. The molecular weight excluding hydrogens is 356 g/mol. The molecule has 0 N–H and O–H groups in total. The molecule has 0 bridgehead atoms. The van der Waals surface area contributed by atoms with E-state index in [0.717, 1.165) is 10.4 Å². The van der Waals surface area contributed by atoms with Gasteiger partial charge in [-0.3, -0.25) is 4.79 Å². The fourth-order valence-corrected chi connectivity index (χ4v) is 3.57. The molecule has 0 fully saturated rings. The Morgan fingerprint density at radius 1 is 1.08 bits per heavy atom. The van der Waals surface area contributed by atoms with Gasteiger partial charge in [-0.25, -0.2) is 8.78 Å². The van der Waals surface area contributed by atoms with E-state index in [9.17, 15) is 13.6 Å². The first-order valence-electron chi connectivity index (χ1n) is 7.91. The van der Waals surface area contributed by atoms with Crippen LogP contribution in [0.15, 0.2) is 54.6 Å². The van der Waals surface area contributed by atoms with Gasteiger partial charge in [0.05, 0.1) is 12.0 Å². The van der Waals surface area contributed by atoms with Crippen LogP contribution in [0.1, 0.15) is 15.2 Å². The third-order valence-electron chi connectivity index (χ3n) is 3.93. The molecule has 3 aromatic rings. The van der Waals surface area contributed by atoms with E-state index in [1.807, 2.05) is 6.07 Å². The lowest BCUT2D eigenvalue weighted by Gasteiger charge is -2.16. The molecule has 2 aromatic carbocycles. The fourth-order valence-electron chi connectivity index (χ4n) is 2.56. The van der Waals surface area contributed by atoms with Crippen LogP contribution >= 0.6 is 11.3 Å². The molecule has 6 heteroatoms. The van der Waals surface area contributed by atoms with E-state index in [2.05, 4.69) is 0 Å². The van der Waals surface area contributed by atoms with Crippen LogP contribution in [0.3, 0.4) is 0 Å². The van der Waals surface area contributed by atoms with E-state index < -0.39 is 5.82 Å². The highest BCUT2D eigenvalue weighted by Gasteiger charge is 2.16. The normalized spacial score (nSPS) is 10.6. The van der Waals surface area contributed by atoms with E-state index in [-0.39, 0.29) is 24.0 Å². The summed E-state index contributed by atoms with van der Waals surface area (Å²) < 4.78 is 31.7. The van der Waals surface area contributed by atoms with Crippen LogP contribution in [-0.4, -0.2) is 25.0 Å². The van der Waals surface area contributed by atoms with Gasteiger partial charge in [-0.05, 0) is 47.5 Å². The monoisotopic (exact) mass is 373 g/mol. The second kappa shape index (κ2) is 7.66. The van der Waals surface area contributed by atoms with Crippen LogP contribution in [-0.2, 0) is 6.54 Å². The summed E-state index contributed by atoms with van der Waals surface area (Å²) in [5.74, 6) is -0.738. The summed E-state index contributed by atoms with van der Waals surface area (Å²) in [6, 6.07) is 14.4. The van der Waals surface area contributed by atoms with Gasteiger partial charge in [-0.1, -0.05) is 18.2 Å². The van der Waals surface area contributed by atoms with Crippen LogP contribution in [0, 0.1) is 11.6 Å². The maximum atomic E-state index is 13.8. The predicted molar refractivity (Wildman–Crippen MR) is 98.5 cm³/mol. The van der Waals surface area contributed by atoms with Crippen molar-refractivity contribution in [3.8, 4) is 16.2 Å². The maximum Gasteiger partial charge on any atom is 0.263 e. The van der Waals surface area contributed by atoms with Crippen molar-refractivity contribution in [3.63, 3.8) is 0 Å². The van der Waals surface area contributed by atoms with Crippen LogP contribution in [0.2, 0.25) is 0 Å². The molecule has 0 radical (unpaired) electrons. The Hall–Kier alpha value is -2.73. The van der Waals surface area contributed by atoms with Crippen molar-refractivity contribution in [2.75, 3.05) is 14.2 Å². The van der Waals surface area contributed by atoms with Crippen molar-refractivity contribution >= 4 is 17.2 Å². The first-order chi connectivity index (χ1) is 12.5. The van der Waals surface area contributed by atoms with Crippen LogP contribution in [0.4, 0.5) is 8.78 Å². The van der Waals surface area contributed by atoms with Gasteiger partial charge in [0.15, 0.2) is 11.6 Å². The van der Waals surface area contributed by atoms with Crippen LogP contribution < -0.4 is 4.74 Å². The van der Waals surface area contributed by atoms with Crippen LogP contribution in [0.5, 0.6) is 5.75 Å². The van der Waals surface area contributed by atoms with Gasteiger partial charge >= 0.3 is 0 Å². The van der Waals surface area contributed by atoms with E-state index in [0.29, 0.717) is 10.4 Å². The molecule has 26 heavy (non-hydrogen) atoms. The molecule has 0 spiro atoms. The SMILES string of the molecule is COc1ccc(CN(C)C(=O)c2ccc(-c3ccc(F)cc3)s2)cc1F. The molecule has 1 heterocycles. The number of carbonyl (C=O) groups excluding carboxylic acids is 1. The molecule has 0 unspecified atom stereocenters. The smallest absolute Gasteiger partial charge is 0.263 e. The number of halogens is 2. The first kappa shape index (κ1) is 18.1. The minimum absolute atomic E-state index is 0.153. The van der Waals surface area contributed by atoms with Crippen molar-refractivity contribution in [3.05, 3.63) is 76.7 Å². The molecule has 0 aliphatic rings. The predicted octanol–water partition coefficient (Wildman–Crippen LogP) is 4.97. The van der Waals surface area contributed by atoms with Crippen molar-refractivity contribution in [2.24, 2.45) is 0 Å². The van der Waals surface area contributed by atoms with E-state index in [4.69, 9.17) is 4.74 Å². The van der Waals surface area contributed by atoms with Gasteiger partial charge in [0.2, 0.25) is 0 Å². The third-order valence-corrected chi connectivity index (χ3v) is 5.05. The van der Waals surface area contributed by atoms with Gasteiger partial charge < -0.3 is 9.64 Å². The zero-order valence-corrected chi connectivity index (χ0v) is 15.1. The minimum Gasteiger partial charge on any atom is -0.494 e. The summed E-state index contributed by atoms with van der Waals surface area (Å²) in [6.45, 7) is 0.281. The molecule has 0 aliphatic carbocycles. The van der Waals surface area contributed by atoms with Crippen molar-refractivity contribution in [1.29, 1.82) is 0 Å². The lowest BCUT2D eigenvalue weighted by Crippen LogP contribution is -2.25. The highest BCUT2D eigenvalue weighted by molar-refractivity contribution is 7.17. The highest BCUT2D eigenvalue weighted by Crippen LogP contribution is 2.29. The number of hydrogen-bond donors (Lipinski definition) is 0. The summed E-state index contributed by atoms with van der Waals surface area (Å²) >= 11 is 1.34. The summed E-state index contributed by atoms with van der Waals surface area (Å²) in [5, 5.41) is 0. The molecule has 0 saturated carbocycles. The quantitative estimate of drug-likeness (QED) is 0.632. The maximum absolute atomic E-state index is 13.8. The van der Waals surface area contributed by atoms with E-state index in [1.165, 1.54) is 41.5 Å². The number of ether oxygens (including phenoxy) is 1. The largest absolute Gasteiger partial charge is 0.494 e. The molecule has 134 valence electrons. The number of benzene rings is 2. The Balaban J connectivity index is 1.72. The Morgan fingerprint density at radius 3 is 2.46 bits per heavy atom. The van der Waals surface area contributed by atoms with Gasteiger partial charge in [-0.2, -0.15) is 0 Å². The van der Waals surface area contributed by atoms with Gasteiger partial charge in [-0.15, -0.1) is 11.3 Å². The molecule has 1 aromatic heterocycles. The van der Waals surface area contributed by atoms with Gasteiger partial charge in [0.25, 0.3) is 5.91 Å². The van der Waals surface area contributed by atoms with Crippen molar-refractivity contribution in [1.82, 2.24) is 4.90 Å². The molecule has 0 saturated heterocycles. The Kier molecular flexibility index (Phi) is 5.32. The summed E-state index contributed by atoms with van der Waals surface area (Å²) in [6.07, 6.45) is 0. The third kappa shape index (κ3) is 3.91. The van der Waals surface area contributed by atoms with Crippen molar-refractivity contribution in [2.45, 2.75) is 6.54 Å². The molecule has 0 atom stereocenters. The molecule has 0 aliphatic heterocycles. The Labute approximate surface area is 154 Å². The Morgan fingerprint density at radius 2 is 1.81 bits per heavy atom. The topological polar surface area (TPSA) is 29.5 Å². The Bertz CT molecular complexity index is 922. The lowest BCUT2D eigenvalue weighted by molar-refractivity contribution is 0.0789. The number of rotatable bonds is 5. The summed E-state index contributed by atoms with van der Waals surface area (Å²) in [7, 11) is 3.07. The second-order valence-corrected chi connectivity index (χ2v) is 6.88. The fraction of sp³-hybridized carbons (Fsp3) is 0.150. The zero-order chi connectivity index (χ0) is 18.7. The average molecular weight is 373 g/mol. The number of nitrogens with zero attached hydrogens (tertiary/aromatic N) is 1. The van der Waals surface area contributed by atoms with Crippen molar-refractivity contribution < 1.29 is 18.3 Å². The summed E-state index contributed by atoms with van der Waals surface area (Å²) in [4.78, 5) is 15.6. The number of hydrogen-bond acceptors (Lipinski definition) is 3. The van der Waals surface area contributed by atoms with E-state index >= 15 is 0 Å².